The fraction of sp³-hybridized carbons (Fsp3) is 0.500. The first-order chi connectivity index (χ1) is 10.1. The van der Waals surface area contributed by atoms with Crippen LogP contribution < -0.4 is 10.2 Å². The maximum Gasteiger partial charge on any atom is 0.336 e. The van der Waals surface area contributed by atoms with Gasteiger partial charge in [0.2, 0.25) is 5.91 Å². The zero-order valence-electron chi connectivity index (χ0n) is 12.1. The fourth-order valence-electron chi connectivity index (χ4n) is 3.39. The molecule has 1 saturated heterocycles. The van der Waals surface area contributed by atoms with Crippen molar-refractivity contribution < 1.29 is 14.7 Å². The third-order valence-electron chi connectivity index (χ3n) is 4.55. The molecule has 0 saturated carbocycles. The van der Waals surface area contributed by atoms with Crippen molar-refractivity contribution in [3.05, 3.63) is 29.3 Å². The highest BCUT2D eigenvalue weighted by Gasteiger charge is 2.35. The van der Waals surface area contributed by atoms with E-state index in [1.807, 2.05) is 6.07 Å². The normalized spacial score (nSPS) is 24.7. The number of carboxylic acids is 1. The molecule has 1 amide bonds. The predicted octanol–water partition coefficient (Wildman–Crippen LogP) is 1.66. The second-order valence-corrected chi connectivity index (χ2v) is 5.90. The van der Waals surface area contributed by atoms with Gasteiger partial charge in [0, 0.05) is 12.2 Å². The Bertz CT molecular complexity index is 585. The first kappa shape index (κ1) is 14.1. The molecule has 5 nitrogen and oxygen atoms in total. The Morgan fingerprint density at radius 2 is 2.19 bits per heavy atom. The molecule has 0 spiro atoms. The molecule has 0 aliphatic carbocycles. The Morgan fingerprint density at radius 1 is 1.38 bits per heavy atom. The Balaban J connectivity index is 1.95. The molecule has 1 aromatic carbocycles. The lowest BCUT2D eigenvalue weighted by molar-refractivity contribution is -0.121. The molecule has 2 N–H and O–H groups in total. The molecule has 2 heterocycles. The van der Waals surface area contributed by atoms with E-state index in [9.17, 15) is 14.7 Å². The molecule has 5 heteroatoms. The van der Waals surface area contributed by atoms with Crippen LogP contribution in [0.5, 0.6) is 0 Å². The summed E-state index contributed by atoms with van der Waals surface area (Å²) in [5.74, 6) is -0.525. The molecule has 1 fully saturated rings. The van der Waals surface area contributed by atoms with Gasteiger partial charge in [0.15, 0.2) is 0 Å². The van der Waals surface area contributed by atoms with Gasteiger partial charge in [-0.25, -0.2) is 4.79 Å². The number of rotatable bonds is 2. The number of fused-ring (bicyclic) bond motifs is 1. The van der Waals surface area contributed by atoms with Crippen LogP contribution in [-0.4, -0.2) is 36.1 Å². The average molecular weight is 288 g/mol. The summed E-state index contributed by atoms with van der Waals surface area (Å²) in [7, 11) is 0. The second kappa shape index (κ2) is 5.48. The van der Waals surface area contributed by atoms with E-state index in [4.69, 9.17) is 0 Å². The maximum absolute atomic E-state index is 12.8. The quantitative estimate of drug-likeness (QED) is 0.868. The van der Waals surface area contributed by atoms with E-state index >= 15 is 0 Å². The molecule has 112 valence electrons. The van der Waals surface area contributed by atoms with E-state index in [-0.39, 0.29) is 11.9 Å². The van der Waals surface area contributed by atoms with Gasteiger partial charge in [0.1, 0.15) is 0 Å². The Hall–Kier alpha value is -1.88. The molecule has 1 aromatic rings. The lowest BCUT2D eigenvalue weighted by Crippen LogP contribution is -2.48. The van der Waals surface area contributed by atoms with Gasteiger partial charge in [0.25, 0.3) is 0 Å². The van der Waals surface area contributed by atoms with Crippen LogP contribution in [0, 0.1) is 5.92 Å². The van der Waals surface area contributed by atoms with Gasteiger partial charge in [-0.15, -0.1) is 0 Å². The highest BCUT2D eigenvalue weighted by molar-refractivity contribution is 6.01. The summed E-state index contributed by atoms with van der Waals surface area (Å²) in [6.45, 7) is 3.62. The number of benzene rings is 1. The summed E-state index contributed by atoms with van der Waals surface area (Å²) in [6, 6.07) is 5.05. The van der Waals surface area contributed by atoms with Crippen LogP contribution in [-0.2, 0) is 11.2 Å². The smallest absolute Gasteiger partial charge is 0.336 e. The van der Waals surface area contributed by atoms with Gasteiger partial charge >= 0.3 is 5.97 Å². The summed E-state index contributed by atoms with van der Waals surface area (Å²) in [5, 5.41) is 12.6. The van der Waals surface area contributed by atoms with E-state index in [1.165, 1.54) is 0 Å². The van der Waals surface area contributed by atoms with Gasteiger partial charge in [-0.05, 0) is 49.4 Å². The second-order valence-electron chi connectivity index (χ2n) is 5.90. The topological polar surface area (TPSA) is 69.6 Å². The molecule has 2 atom stereocenters. The van der Waals surface area contributed by atoms with Crippen molar-refractivity contribution in [1.82, 2.24) is 5.32 Å². The maximum atomic E-state index is 12.8. The van der Waals surface area contributed by atoms with Crippen LogP contribution in [0.15, 0.2) is 18.2 Å². The molecule has 2 aliphatic heterocycles. The zero-order valence-corrected chi connectivity index (χ0v) is 12.1. The van der Waals surface area contributed by atoms with Crippen molar-refractivity contribution >= 4 is 17.6 Å². The number of amides is 1. The molecular weight excluding hydrogens is 268 g/mol. The summed E-state index contributed by atoms with van der Waals surface area (Å²) >= 11 is 0. The van der Waals surface area contributed by atoms with Crippen LogP contribution >= 0.6 is 0 Å². The zero-order chi connectivity index (χ0) is 15.0. The Kier molecular flexibility index (Phi) is 3.68. The van der Waals surface area contributed by atoms with Crippen LogP contribution in [0.2, 0.25) is 0 Å². The van der Waals surface area contributed by atoms with Gasteiger partial charge in [-0.1, -0.05) is 13.0 Å². The summed E-state index contributed by atoms with van der Waals surface area (Å²) in [5.41, 5.74) is 1.87. The number of hydrogen-bond acceptors (Lipinski definition) is 3. The van der Waals surface area contributed by atoms with Crippen molar-refractivity contribution in [1.29, 1.82) is 0 Å². The molecule has 2 unspecified atom stereocenters. The van der Waals surface area contributed by atoms with Crippen molar-refractivity contribution in [2.24, 2.45) is 5.92 Å². The number of carbonyl (C=O) groups is 2. The van der Waals surface area contributed by atoms with E-state index in [0.29, 0.717) is 18.0 Å². The standard InChI is InChI=1S/C16H20N2O3/c1-10-7-8-17-14(10)15(19)18-9-3-5-11-12(16(20)21)4-2-6-13(11)18/h2,4,6,10,14,17H,3,5,7-9H2,1H3,(H,20,21). The van der Waals surface area contributed by atoms with E-state index < -0.39 is 5.97 Å². The SMILES string of the molecule is CC1CCNC1C(=O)N1CCCc2c(C(=O)O)cccc21. The lowest BCUT2D eigenvalue weighted by Gasteiger charge is -2.33. The molecule has 21 heavy (non-hydrogen) atoms. The number of nitrogens with zero attached hydrogens (tertiary/aromatic N) is 1. The van der Waals surface area contributed by atoms with E-state index in [0.717, 1.165) is 37.1 Å². The van der Waals surface area contributed by atoms with Gasteiger partial charge in [-0.2, -0.15) is 0 Å². The predicted molar refractivity (Wildman–Crippen MR) is 79.6 cm³/mol. The third kappa shape index (κ3) is 2.42. The third-order valence-corrected chi connectivity index (χ3v) is 4.55. The number of nitrogens with one attached hydrogen (secondary N) is 1. The van der Waals surface area contributed by atoms with Crippen LogP contribution in [0.1, 0.15) is 35.7 Å². The first-order valence-electron chi connectivity index (χ1n) is 7.49. The molecular formula is C16H20N2O3. The highest BCUT2D eigenvalue weighted by atomic mass is 16.4. The van der Waals surface area contributed by atoms with Crippen LogP contribution in [0.3, 0.4) is 0 Å². The molecule has 0 bridgehead atoms. The largest absolute Gasteiger partial charge is 0.478 e. The molecule has 0 aromatic heterocycles. The minimum absolute atomic E-state index is 0.0727. The number of carbonyl (C=O) groups excluding carboxylic acids is 1. The number of carboxylic acid groups (broad SMARTS) is 1. The molecule has 0 radical (unpaired) electrons. The molecule has 2 aliphatic rings. The monoisotopic (exact) mass is 288 g/mol. The van der Waals surface area contributed by atoms with Crippen molar-refractivity contribution in [2.75, 3.05) is 18.0 Å². The fourth-order valence-corrected chi connectivity index (χ4v) is 3.39. The van der Waals surface area contributed by atoms with Crippen LogP contribution in [0.4, 0.5) is 5.69 Å². The lowest BCUT2D eigenvalue weighted by atomic mass is 9.94. The minimum Gasteiger partial charge on any atom is -0.478 e. The minimum atomic E-state index is -0.923. The van der Waals surface area contributed by atoms with Crippen molar-refractivity contribution in [3.63, 3.8) is 0 Å². The van der Waals surface area contributed by atoms with Gasteiger partial charge in [-0.3, -0.25) is 4.79 Å². The Morgan fingerprint density at radius 3 is 2.86 bits per heavy atom. The molecule has 3 rings (SSSR count). The summed E-state index contributed by atoms with van der Waals surface area (Å²) in [6.07, 6.45) is 2.53. The van der Waals surface area contributed by atoms with E-state index in [2.05, 4.69) is 12.2 Å². The number of aromatic carboxylic acids is 1. The highest BCUT2D eigenvalue weighted by Crippen LogP contribution is 2.31. The average Bonchev–Trinajstić information content (AvgIpc) is 2.91. The number of hydrogen-bond donors (Lipinski definition) is 2. The van der Waals surface area contributed by atoms with Crippen molar-refractivity contribution in [2.45, 2.75) is 32.2 Å². The Labute approximate surface area is 123 Å². The van der Waals surface area contributed by atoms with Gasteiger partial charge < -0.3 is 15.3 Å². The van der Waals surface area contributed by atoms with Crippen molar-refractivity contribution in [3.8, 4) is 0 Å². The van der Waals surface area contributed by atoms with E-state index in [1.54, 1.807) is 17.0 Å². The van der Waals surface area contributed by atoms with Gasteiger partial charge in [0.05, 0.1) is 11.6 Å². The summed E-state index contributed by atoms with van der Waals surface area (Å²) in [4.78, 5) is 25.9. The van der Waals surface area contributed by atoms with Crippen LogP contribution in [0.25, 0.3) is 0 Å². The number of anilines is 1. The first-order valence-corrected chi connectivity index (χ1v) is 7.49. The summed E-state index contributed by atoms with van der Waals surface area (Å²) < 4.78 is 0.